The van der Waals surface area contributed by atoms with E-state index in [4.69, 9.17) is 39.5 Å². The molecule has 1 unspecified atom stereocenters. The van der Waals surface area contributed by atoms with Crippen LogP contribution in [-0.2, 0) is 11.3 Å². The summed E-state index contributed by atoms with van der Waals surface area (Å²) in [5, 5.41) is 16.2. The lowest BCUT2D eigenvalue weighted by atomic mass is 10.1. The molecule has 4 rings (SSSR count). The van der Waals surface area contributed by atoms with Gasteiger partial charge in [0.05, 0.1) is 16.5 Å². The molecule has 0 aliphatic rings. The summed E-state index contributed by atoms with van der Waals surface area (Å²) < 4.78 is 8.08. The lowest BCUT2D eigenvalue weighted by Gasteiger charge is -2.17. The third-order valence-electron chi connectivity index (χ3n) is 5.44. The molecule has 0 fully saturated rings. The number of thioether (sulfide) groups is 1. The van der Waals surface area contributed by atoms with E-state index in [-0.39, 0.29) is 17.8 Å². The van der Waals surface area contributed by atoms with E-state index >= 15 is 0 Å². The lowest BCUT2D eigenvalue weighted by Crippen LogP contribution is -2.15. The van der Waals surface area contributed by atoms with Crippen LogP contribution in [-0.4, -0.2) is 31.4 Å². The standard InChI is InChI=1S/C25H24Cl3N5O2S2/c1-5-33-23(15(4)35-17-8-13(2)22(28)14(3)9-17)31-32-25(33)37-12-21(34)30-24-29-20(11-36-24)18-7-6-16(26)10-19(18)27/h6-11,15H,5,12H2,1-4H3,(H,29,30,34). The second kappa shape index (κ2) is 12.0. The molecule has 2 heterocycles. The van der Waals surface area contributed by atoms with Gasteiger partial charge in [-0.15, -0.1) is 21.5 Å². The Balaban J connectivity index is 1.38. The summed E-state index contributed by atoms with van der Waals surface area (Å²) in [6.45, 7) is 8.44. The number of aromatic nitrogens is 4. The van der Waals surface area contributed by atoms with E-state index in [9.17, 15) is 4.79 Å². The lowest BCUT2D eigenvalue weighted by molar-refractivity contribution is -0.113. The predicted molar refractivity (Wildman–Crippen MR) is 153 cm³/mol. The number of benzene rings is 2. The summed E-state index contributed by atoms with van der Waals surface area (Å²) >= 11 is 21.2. The van der Waals surface area contributed by atoms with Crippen molar-refractivity contribution in [3.05, 3.63) is 67.7 Å². The number of anilines is 1. The average Bonchev–Trinajstić information content (AvgIpc) is 3.47. The van der Waals surface area contributed by atoms with Crippen molar-refractivity contribution in [2.75, 3.05) is 11.1 Å². The van der Waals surface area contributed by atoms with Crippen LogP contribution < -0.4 is 10.1 Å². The number of thiazole rings is 1. The fourth-order valence-corrected chi connectivity index (χ4v) is 5.82. The Morgan fingerprint density at radius 1 is 1.16 bits per heavy atom. The van der Waals surface area contributed by atoms with Crippen LogP contribution in [0.3, 0.4) is 0 Å². The molecule has 0 saturated carbocycles. The second-order valence-corrected chi connectivity index (χ2v) is 11.2. The van der Waals surface area contributed by atoms with Gasteiger partial charge in [0.25, 0.3) is 0 Å². The van der Waals surface area contributed by atoms with Gasteiger partial charge in [0, 0.05) is 27.5 Å². The first-order valence-electron chi connectivity index (χ1n) is 11.4. The minimum absolute atomic E-state index is 0.152. The first-order valence-corrected chi connectivity index (χ1v) is 14.4. The summed E-state index contributed by atoms with van der Waals surface area (Å²) in [5.74, 6) is 1.35. The van der Waals surface area contributed by atoms with Crippen LogP contribution in [0.15, 0.2) is 40.9 Å². The van der Waals surface area contributed by atoms with Crippen molar-refractivity contribution in [3.8, 4) is 17.0 Å². The van der Waals surface area contributed by atoms with Crippen LogP contribution >= 0.6 is 57.9 Å². The van der Waals surface area contributed by atoms with Gasteiger partial charge in [0.15, 0.2) is 22.2 Å². The van der Waals surface area contributed by atoms with E-state index in [2.05, 4.69) is 20.5 Å². The number of carbonyl (C=O) groups excluding carboxylic acids is 1. The summed E-state index contributed by atoms with van der Waals surface area (Å²) in [4.78, 5) is 17.1. The first-order chi connectivity index (χ1) is 17.7. The molecule has 0 spiro atoms. The van der Waals surface area contributed by atoms with Crippen molar-refractivity contribution in [2.24, 2.45) is 0 Å². The van der Waals surface area contributed by atoms with E-state index in [1.165, 1.54) is 23.1 Å². The van der Waals surface area contributed by atoms with E-state index in [0.29, 0.717) is 44.1 Å². The quantitative estimate of drug-likeness (QED) is 0.198. The molecule has 37 heavy (non-hydrogen) atoms. The summed E-state index contributed by atoms with van der Waals surface area (Å²) in [7, 11) is 0. The van der Waals surface area contributed by atoms with Gasteiger partial charge in [0.1, 0.15) is 5.75 Å². The maximum absolute atomic E-state index is 12.6. The van der Waals surface area contributed by atoms with Gasteiger partial charge in [-0.2, -0.15) is 0 Å². The van der Waals surface area contributed by atoms with Crippen LogP contribution in [0.5, 0.6) is 5.75 Å². The zero-order valence-corrected chi connectivity index (χ0v) is 24.4. The highest BCUT2D eigenvalue weighted by molar-refractivity contribution is 7.99. The van der Waals surface area contributed by atoms with E-state index in [0.717, 1.165) is 21.7 Å². The van der Waals surface area contributed by atoms with Gasteiger partial charge >= 0.3 is 0 Å². The zero-order valence-electron chi connectivity index (χ0n) is 20.5. The van der Waals surface area contributed by atoms with Crippen LogP contribution in [0.1, 0.15) is 36.9 Å². The molecular weight excluding hydrogens is 573 g/mol. The molecule has 1 N–H and O–H groups in total. The highest BCUT2D eigenvalue weighted by Crippen LogP contribution is 2.33. The van der Waals surface area contributed by atoms with Crippen molar-refractivity contribution < 1.29 is 9.53 Å². The average molecular weight is 597 g/mol. The minimum Gasteiger partial charge on any atom is -0.483 e. The SMILES string of the molecule is CCn1c(SCC(=O)Nc2nc(-c3ccc(Cl)cc3Cl)cs2)nnc1C(C)Oc1cc(C)c(Cl)c(C)c1. The van der Waals surface area contributed by atoms with Crippen LogP contribution in [0.2, 0.25) is 15.1 Å². The molecule has 7 nitrogen and oxygen atoms in total. The number of aryl methyl sites for hydroxylation is 2. The molecule has 0 bridgehead atoms. The summed E-state index contributed by atoms with van der Waals surface area (Å²) in [6.07, 6.45) is -0.343. The van der Waals surface area contributed by atoms with Crippen molar-refractivity contribution in [2.45, 2.75) is 45.5 Å². The van der Waals surface area contributed by atoms with Gasteiger partial charge in [-0.3, -0.25) is 4.79 Å². The van der Waals surface area contributed by atoms with E-state index < -0.39 is 0 Å². The monoisotopic (exact) mass is 595 g/mol. The molecule has 0 aliphatic carbocycles. The molecule has 2 aromatic heterocycles. The van der Waals surface area contributed by atoms with Gasteiger partial charge < -0.3 is 14.6 Å². The molecule has 0 radical (unpaired) electrons. The summed E-state index contributed by atoms with van der Waals surface area (Å²) in [5.41, 5.74) is 3.32. The highest BCUT2D eigenvalue weighted by atomic mass is 35.5. The molecule has 1 amide bonds. The number of amides is 1. The number of hydrogen-bond acceptors (Lipinski definition) is 7. The molecule has 0 aliphatic heterocycles. The third kappa shape index (κ3) is 6.59. The molecule has 194 valence electrons. The van der Waals surface area contributed by atoms with Crippen molar-refractivity contribution in [1.82, 2.24) is 19.7 Å². The zero-order chi connectivity index (χ0) is 26.7. The molecule has 12 heteroatoms. The topological polar surface area (TPSA) is 81.9 Å². The Kier molecular flexibility index (Phi) is 9.03. The number of ether oxygens (including phenoxy) is 1. The van der Waals surface area contributed by atoms with Gasteiger partial charge in [-0.05, 0) is 69.2 Å². The normalized spacial score (nSPS) is 12.0. The molecule has 0 saturated heterocycles. The van der Waals surface area contributed by atoms with Gasteiger partial charge in [-0.1, -0.05) is 46.6 Å². The molecule has 2 aromatic carbocycles. The maximum Gasteiger partial charge on any atom is 0.236 e. The van der Waals surface area contributed by atoms with E-state index in [1.807, 2.05) is 49.8 Å². The molecule has 1 atom stereocenters. The Bertz CT molecular complexity index is 1420. The Hall–Kier alpha value is -2.30. The van der Waals surface area contributed by atoms with Crippen LogP contribution in [0.25, 0.3) is 11.3 Å². The predicted octanol–water partition coefficient (Wildman–Crippen LogP) is 7.87. The van der Waals surface area contributed by atoms with Crippen molar-refractivity contribution >= 4 is 68.9 Å². The number of halogens is 3. The van der Waals surface area contributed by atoms with Crippen molar-refractivity contribution in [1.29, 1.82) is 0 Å². The minimum atomic E-state index is -0.343. The second-order valence-electron chi connectivity index (χ2n) is 8.22. The number of hydrogen-bond donors (Lipinski definition) is 1. The van der Waals surface area contributed by atoms with Crippen LogP contribution in [0, 0.1) is 13.8 Å². The Labute approximate surface area is 238 Å². The number of nitrogens with one attached hydrogen (secondary N) is 1. The van der Waals surface area contributed by atoms with Gasteiger partial charge in [0.2, 0.25) is 5.91 Å². The maximum atomic E-state index is 12.6. The molecular formula is C25H24Cl3N5O2S2. The fraction of sp³-hybridized carbons (Fsp3) is 0.280. The Morgan fingerprint density at radius 3 is 2.57 bits per heavy atom. The number of rotatable bonds is 9. The Morgan fingerprint density at radius 2 is 1.89 bits per heavy atom. The first kappa shape index (κ1) is 27.7. The van der Waals surface area contributed by atoms with Crippen LogP contribution in [0.4, 0.5) is 5.13 Å². The highest BCUT2D eigenvalue weighted by Gasteiger charge is 2.20. The third-order valence-corrected chi connectivity index (χ3v) is 8.31. The number of nitrogens with zero attached hydrogens (tertiary/aromatic N) is 4. The van der Waals surface area contributed by atoms with Gasteiger partial charge in [-0.25, -0.2) is 4.98 Å². The summed E-state index contributed by atoms with van der Waals surface area (Å²) in [6, 6.07) is 9.02. The molecule has 4 aromatic rings. The fourth-order valence-electron chi connectivity index (χ4n) is 3.67. The largest absolute Gasteiger partial charge is 0.483 e. The smallest absolute Gasteiger partial charge is 0.236 e. The van der Waals surface area contributed by atoms with E-state index in [1.54, 1.807) is 18.2 Å². The van der Waals surface area contributed by atoms with Crippen molar-refractivity contribution in [3.63, 3.8) is 0 Å². The number of carbonyl (C=O) groups is 1.